The molecule has 0 aromatic heterocycles. The molecule has 3 nitrogen and oxygen atoms in total. The van der Waals surface area contributed by atoms with Gasteiger partial charge in [-0.3, -0.25) is 4.79 Å². The van der Waals surface area contributed by atoms with Crippen molar-refractivity contribution in [1.29, 1.82) is 0 Å². The Balaban J connectivity index is 2.02. The van der Waals surface area contributed by atoms with Gasteiger partial charge in [0.2, 0.25) is 0 Å². The molecule has 0 unspecified atom stereocenters. The van der Waals surface area contributed by atoms with Gasteiger partial charge in [0.25, 0.3) is 0 Å². The number of hydrogen-bond donors (Lipinski definition) is 1. The molecule has 0 amide bonds. The summed E-state index contributed by atoms with van der Waals surface area (Å²) in [6.45, 7) is 4.12. The van der Waals surface area contributed by atoms with Gasteiger partial charge in [-0.1, -0.05) is 18.2 Å². The monoisotopic (exact) mass is 270 g/mol. The fourth-order valence-corrected chi connectivity index (χ4v) is 1.89. The summed E-state index contributed by atoms with van der Waals surface area (Å²) < 4.78 is 5.78. The molecular formula is C17H18O3. The Labute approximate surface area is 118 Å². The highest BCUT2D eigenvalue weighted by molar-refractivity contribution is 5.67. The predicted molar refractivity (Wildman–Crippen MR) is 78.4 cm³/mol. The molecule has 1 N–H and O–H groups in total. The van der Waals surface area contributed by atoms with Crippen molar-refractivity contribution in [3.63, 3.8) is 0 Å². The van der Waals surface area contributed by atoms with E-state index in [2.05, 4.69) is 13.8 Å². The number of carbonyl (C=O) groups is 1. The maximum Gasteiger partial charge on any atom is 0.303 e. The molecule has 0 spiro atoms. The standard InChI is InChI=1S/C17H18O3/c1-12-3-7-16(11-13(12)2)20-15-8-4-14(5-9-15)6-10-17(18)19/h3-5,7-9,11H,6,10H2,1-2H3,(H,18,19). The molecule has 0 aliphatic rings. The predicted octanol–water partition coefficient (Wildman–Crippen LogP) is 4.11. The van der Waals surface area contributed by atoms with E-state index in [-0.39, 0.29) is 6.42 Å². The van der Waals surface area contributed by atoms with E-state index in [1.54, 1.807) is 0 Å². The normalized spacial score (nSPS) is 10.3. The minimum Gasteiger partial charge on any atom is -0.481 e. The summed E-state index contributed by atoms with van der Waals surface area (Å²) >= 11 is 0. The lowest BCUT2D eigenvalue weighted by atomic mass is 10.1. The molecule has 0 aliphatic heterocycles. The van der Waals surface area contributed by atoms with Crippen LogP contribution in [0.4, 0.5) is 0 Å². The average molecular weight is 270 g/mol. The maximum absolute atomic E-state index is 10.5. The molecule has 104 valence electrons. The van der Waals surface area contributed by atoms with Gasteiger partial charge in [0.05, 0.1) is 0 Å². The fourth-order valence-electron chi connectivity index (χ4n) is 1.89. The SMILES string of the molecule is Cc1ccc(Oc2ccc(CCC(=O)O)cc2)cc1C. The molecular weight excluding hydrogens is 252 g/mol. The van der Waals surface area contributed by atoms with Gasteiger partial charge in [0.1, 0.15) is 11.5 Å². The smallest absolute Gasteiger partial charge is 0.303 e. The van der Waals surface area contributed by atoms with Gasteiger partial charge < -0.3 is 9.84 Å². The lowest BCUT2D eigenvalue weighted by Gasteiger charge is -2.08. The van der Waals surface area contributed by atoms with E-state index in [1.807, 2.05) is 42.5 Å². The molecule has 0 aliphatic carbocycles. The van der Waals surface area contributed by atoms with E-state index in [0.29, 0.717) is 6.42 Å². The second kappa shape index (κ2) is 6.24. The van der Waals surface area contributed by atoms with E-state index in [9.17, 15) is 4.79 Å². The van der Waals surface area contributed by atoms with Crippen molar-refractivity contribution >= 4 is 5.97 Å². The van der Waals surface area contributed by atoms with Crippen molar-refractivity contribution < 1.29 is 14.6 Å². The van der Waals surface area contributed by atoms with Crippen LogP contribution < -0.4 is 4.74 Å². The summed E-state index contributed by atoms with van der Waals surface area (Å²) in [4.78, 5) is 10.5. The van der Waals surface area contributed by atoms with Crippen molar-refractivity contribution in [2.45, 2.75) is 26.7 Å². The molecule has 0 saturated carbocycles. The summed E-state index contributed by atoms with van der Waals surface area (Å²) in [6, 6.07) is 13.5. The van der Waals surface area contributed by atoms with Crippen LogP contribution in [0.5, 0.6) is 11.5 Å². The molecule has 0 atom stereocenters. The molecule has 0 fully saturated rings. The fraction of sp³-hybridized carbons (Fsp3) is 0.235. The third-order valence-corrected chi connectivity index (χ3v) is 3.26. The summed E-state index contributed by atoms with van der Waals surface area (Å²) in [5.74, 6) is 0.791. The van der Waals surface area contributed by atoms with Crippen LogP contribution in [0.25, 0.3) is 0 Å². The van der Waals surface area contributed by atoms with Gasteiger partial charge in [-0.05, 0) is 61.2 Å². The van der Waals surface area contributed by atoms with Crippen LogP contribution in [-0.2, 0) is 11.2 Å². The van der Waals surface area contributed by atoms with Crippen LogP contribution in [0.2, 0.25) is 0 Å². The molecule has 2 aromatic rings. The Kier molecular flexibility index (Phi) is 4.41. The van der Waals surface area contributed by atoms with E-state index in [4.69, 9.17) is 9.84 Å². The number of hydrogen-bond acceptors (Lipinski definition) is 2. The number of carboxylic acids is 1. The summed E-state index contributed by atoms with van der Waals surface area (Å²) in [6.07, 6.45) is 0.691. The third-order valence-electron chi connectivity index (χ3n) is 3.26. The molecule has 3 heteroatoms. The highest BCUT2D eigenvalue weighted by Crippen LogP contribution is 2.24. The first-order valence-electron chi connectivity index (χ1n) is 6.60. The number of rotatable bonds is 5. The highest BCUT2D eigenvalue weighted by atomic mass is 16.5. The summed E-state index contributed by atoms with van der Waals surface area (Å²) in [5.41, 5.74) is 3.43. The molecule has 0 saturated heterocycles. The number of carboxylic acid groups (broad SMARTS) is 1. The van der Waals surface area contributed by atoms with Crippen LogP contribution in [-0.4, -0.2) is 11.1 Å². The summed E-state index contributed by atoms with van der Waals surface area (Å²) in [7, 11) is 0. The van der Waals surface area contributed by atoms with Crippen molar-refractivity contribution in [3.05, 3.63) is 59.2 Å². The quantitative estimate of drug-likeness (QED) is 0.889. The first-order chi connectivity index (χ1) is 9.54. The average Bonchev–Trinajstić information content (AvgIpc) is 2.42. The molecule has 0 bridgehead atoms. The van der Waals surface area contributed by atoms with Crippen LogP contribution >= 0.6 is 0 Å². The van der Waals surface area contributed by atoms with Gasteiger partial charge >= 0.3 is 5.97 Å². The Bertz CT molecular complexity index is 600. The molecule has 20 heavy (non-hydrogen) atoms. The molecule has 2 rings (SSSR count). The van der Waals surface area contributed by atoms with Gasteiger partial charge in [-0.15, -0.1) is 0 Å². The zero-order chi connectivity index (χ0) is 14.5. The van der Waals surface area contributed by atoms with Gasteiger partial charge in [0.15, 0.2) is 0 Å². The lowest BCUT2D eigenvalue weighted by Crippen LogP contribution is -1.97. The largest absolute Gasteiger partial charge is 0.481 e. The van der Waals surface area contributed by atoms with E-state index in [1.165, 1.54) is 11.1 Å². The van der Waals surface area contributed by atoms with Crippen LogP contribution in [0.1, 0.15) is 23.1 Å². The highest BCUT2D eigenvalue weighted by Gasteiger charge is 2.02. The third kappa shape index (κ3) is 3.85. The number of aryl methyl sites for hydroxylation is 3. The zero-order valence-electron chi connectivity index (χ0n) is 11.7. The van der Waals surface area contributed by atoms with Crippen LogP contribution in [0.3, 0.4) is 0 Å². The first kappa shape index (κ1) is 14.1. The number of benzene rings is 2. The first-order valence-corrected chi connectivity index (χ1v) is 6.60. The number of ether oxygens (including phenoxy) is 1. The van der Waals surface area contributed by atoms with E-state index >= 15 is 0 Å². The van der Waals surface area contributed by atoms with E-state index in [0.717, 1.165) is 17.1 Å². The Hall–Kier alpha value is -2.29. The minimum absolute atomic E-state index is 0.150. The molecule has 0 heterocycles. The van der Waals surface area contributed by atoms with E-state index < -0.39 is 5.97 Å². The second-order valence-corrected chi connectivity index (χ2v) is 4.89. The van der Waals surface area contributed by atoms with Gasteiger partial charge in [-0.2, -0.15) is 0 Å². The van der Waals surface area contributed by atoms with Gasteiger partial charge in [-0.25, -0.2) is 0 Å². The second-order valence-electron chi connectivity index (χ2n) is 4.89. The van der Waals surface area contributed by atoms with Gasteiger partial charge in [0, 0.05) is 6.42 Å². The molecule has 2 aromatic carbocycles. The minimum atomic E-state index is -0.777. The Morgan fingerprint density at radius 2 is 1.65 bits per heavy atom. The maximum atomic E-state index is 10.5. The topological polar surface area (TPSA) is 46.5 Å². The lowest BCUT2D eigenvalue weighted by molar-refractivity contribution is -0.136. The Morgan fingerprint density at radius 3 is 2.25 bits per heavy atom. The number of aliphatic carboxylic acids is 1. The van der Waals surface area contributed by atoms with Crippen LogP contribution in [0, 0.1) is 13.8 Å². The van der Waals surface area contributed by atoms with Crippen molar-refractivity contribution in [1.82, 2.24) is 0 Å². The zero-order valence-corrected chi connectivity index (χ0v) is 11.7. The summed E-state index contributed by atoms with van der Waals surface area (Å²) in [5, 5.41) is 8.65. The van der Waals surface area contributed by atoms with Crippen molar-refractivity contribution in [2.24, 2.45) is 0 Å². The Morgan fingerprint density at radius 1 is 1.00 bits per heavy atom. The van der Waals surface area contributed by atoms with Crippen LogP contribution in [0.15, 0.2) is 42.5 Å². The molecule has 0 radical (unpaired) electrons. The van der Waals surface area contributed by atoms with Crippen molar-refractivity contribution in [3.8, 4) is 11.5 Å². The van der Waals surface area contributed by atoms with Crippen molar-refractivity contribution in [2.75, 3.05) is 0 Å².